The van der Waals surface area contributed by atoms with Crippen LogP contribution in [0.3, 0.4) is 0 Å². The Labute approximate surface area is 196 Å². The van der Waals surface area contributed by atoms with Gasteiger partial charge in [-0.2, -0.15) is 0 Å². The Morgan fingerprint density at radius 3 is 2.27 bits per heavy atom. The summed E-state index contributed by atoms with van der Waals surface area (Å²) in [5.41, 5.74) is 5.64. The first-order valence-corrected chi connectivity index (χ1v) is 11.8. The normalized spacial score (nSPS) is 19.6. The summed E-state index contributed by atoms with van der Waals surface area (Å²) < 4.78 is 0. The SMILES string of the molecule is Cc1ccc(C2=C(N3CCCC(CO)C3)C(=O)N(c3ccc(C(C)(C)C)cc3)C2=O)cc1C. The number of amides is 2. The van der Waals surface area contributed by atoms with Crippen molar-refractivity contribution in [1.29, 1.82) is 0 Å². The Balaban J connectivity index is 1.79. The molecule has 1 fully saturated rings. The van der Waals surface area contributed by atoms with E-state index in [2.05, 4.69) is 20.8 Å². The van der Waals surface area contributed by atoms with Crippen LogP contribution in [0.15, 0.2) is 48.2 Å². The number of aryl methyl sites for hydroxylation is 2. The molecule has 0 spiro atoms. The lowest BCUT2D eigenvalue weighted by atomic mass is 9.87. The van der Waals surface area contributed by atoms with Crippen molar-refractivity contribution >= 4 is 23.1 Å². The third-order valence-electron chi connectivity index (χ3n) is 6.94. The van der Waals surface area contributed by atoms with E-state index in [4.69, 9.17) is 0 Å². The van der Waals surface area contributed by atoms with E-state index in [1.807, 2.05) is 61.2 Å². The van der Waals surface area contributed by atoms with Gasteiger partial charge in [-0.25, -0.2) is 4.90 Å². The zero-order chi connectivity index (χ0) is 23.9. The molecule has 2 aliphatic rings. The monoisotopic (exact) mass is 446 g/mol. The molecule has 2 aliphatic heterocycles. The smallest absolute Gasteiger partial charge is 0.282 e. The predicted molar refractivity (Wildman–Crippen MR) is 132 cm³/mol. The molecule has 0 saturated carbocycles. The summed E-state index contributed by atoms with van der Waals surface area (Å²) in [6.45, 7) is 11.8. The summed E-state index contributed by atoms with van der Waals surface area (Å²) in [5, 5.41) is 9.74. The second-order valence-corrected chi connectivity index (χ2v) is 10.4. The molecule has 4 rings (SSSR count). The van der Waals surface area contributed by atoms with Crippen LogP contribution in [0.25, 0.3) is 5.57 Å². The van der Waals surface area contributed by atoms with Crippen LogP contribution in [0, 0.1) is 19.8 Å². The molecular formula is C28H34N2O3. The fraction of sp³-hybridized carbons (Fsp3) is 0.429. The van der Waals surface area contributed by atoms with Crippen LogP contribution in [0.2, 0.25) is 0 Å². The molecule has 5 nitrogen and oxygen atoms in total. The number of aliphatic hydroxyl groups excluding tert-OH is 1. The van der Waals surface area contributed by atoms with E-state index in [9.17, 15) is 14.7 Å². The van der Waals surface area contributed by atoms with Gasteiger partial charge in [-0.05, 0) is 72.4 Å². The fourth-order valence-electron chi connectivity index (χ4n) is 4.73. The van der Waals surface area contributed by atoms with E-state index in [1.54, 1.807) is 0 Å². The topological polar surface area (TPSA) is 60.9 Å². The minimum Gasteiger partial charge on any atom is -0.396 e. The van der Waals surface area contributed by atoms with Crippen molar-refractivity contribution in [2.24, 2.45) is 5.92 Å². The number of likely N-dealkylation sites (tertiary alicyclic amines) is 1. The standard InChI is InChI=1S/C28H34N2O3/c1-18-8-9-21(15-19(18)2)24-25(29-14-6-7-20(16-29)17-31)27(33)30(26(24)32)23-12-10-22(11-13-23)28(3,4)5/h8-13,15,20,31H,6-7,14,16-17H2,1-5H3. The Hall–Kier alpha value is -2.92. The number of nitrogens with zero attached hydrogens (tertiary/aromatic N) is 2. The maximum Gasteiger partial charge on any atom is 0.282 e. The van der Waals surface area contributed by atoms with Gasteiger partial charge in [0.1, 0.15) is 5.70 Å². The molecule has 1 N–H and O–H groups in total. The fourth-order valence-corrected chi connectivity index (χ4v) is 4.73. The first kappa shape index (κ1) is 23.2. The number of hydrogen-bond donors (Lipinski definition) is 1. The third-order valence-corrected chi connectivity index (χ3v) is 6.94. The quantitative estimate of drug-likeness (QED) is 0.698. The Bertz CT molecular complexity index is 1110. The molecule has 174 valence electrons. The van der Waals surface area contributed by atoms with Crippen molar-refractivity contribution in [3.05, 3.63) is 70.4 Å². The molecule has 1 atom stereocenters. The van der Waals surface area contributed by atoms with Crippen LogP contribution in [-0.2, 0) is 15.0 Å². The van der Waals surface area contributed by atoms with E-state index in [0.29, 0.717) is 30.0 Å². The predicted octanol–water partition coefficient (Wildman–Crippen LogP) is 4.59. The van der Waals surface area contributed by atoms with Gasteiger partial charge in [0, 0.05) is 19.7 Å². The molecule has 0 aliphatic carbocycles. The number of carbonyl (C=O) groups excluding carboxylic acids is 2. The number of hydrogen-bond acceptors (Lipinski definition) is 4. The second kappa shape index (κ2) is 8.79. The van der Waals surface area contributed by atoms with E-state index in [0.717, 1.165) is 35.1 Å². The molecule has 0 bridgehead atoms. The Kier molecular flexibility index (Phi) is 6.19. The zero-order valence-electron chi connectivity index (χ0n) is 20.3. The van der Waals surface area contributed by atoms with Crippen LogP contribution < -0.4 is 4.90 Å². The summed E-state index contributed by atoms with van der Waals surface area (Å²) in [6.07, 6.45) is 1.82. The van der Waals surface area contributed by atoms with Crippen LogP contribution in [0.4, 0.5) is 5.69 Å². The van der Waals surface area contributed by atoms with Crippen molar-refractivity contribution in [2.75, 3.05) is 24.6 Å². The van der Waals surface area contributed by atoms with Crippen molar-refractivity contribution in [3.63, 3.8) is 0 Å². The van der Waals surface area contributed by atoms with Crippen molar-refractivity contribution in [2.45, 2.75) is 52.9 Å². The molecule has 2 heterocycles. The van der Waals surface area contributed by atoms with Crippen molar-refractivity contribution in [1.82, 2.24) is 4.90 Å². The van der Waals surface area contributed by atoms with E-state index >= 15 is 0 Å². The highest BCUT2D eigenvalue weighted by molar-refractivity contribution is 6.45. The van der Waals surface area contributed by atoms with Gasteiger partial charge in [0.05, 0.1) is 11.3 Å². The minimum atomic E-state index is -0.284. The largest absolute Gasteiger partial charge is 0.396 e. The molecule has 33 heavy (non-hydrogen) atoms. The lowest BCUT2D eigenvalue weighted by Gasteiger charge is -2.34. The molecule has 2 amide bonds. The van der Waals surface area contributed by atoms with E-state index < -0.39 is 0 Å². The minimum absolute atomic E-state index is 0.0152. The van der Waals surface area contributed by atoms with Crippen LogP contribution >= 0.6 is 0 Å². The van der Waals surface area contributed by atoms with Crippen molar-refractivity contribution in [3.8, 4) is 0 Å². The van der Waals surface area contributed by atoms with Crippen LogP contribution in [-0.4, -0.2) is 41.5 Å². The summed E-state index contributed by atoms with van der Waals surface area (Å²) in [7, 11) is 0. The van der Waals surface area contributed by atoms with Gasteiger partial charge < -0.3 is 10.0 Å². The lowest BCUT2D eigenvalue weighted by molar-refractivity contribution is -0.120. The number of aliphatic hydroxyl groups is 1. The average molecular weight is 447 g/mol. The molecule has 1 saturated heterocycles. The Morgan fingerprint density at radius 1 is 0.970 bits per heavy atom. The van der Waals surface area contributed by atoms with Gasteiger partial charge in [-0.1, -0.05) is 51.1 Å². The number of anilines is 1. The average Bonchev–Trinajstić information content (AvgIpc) is 3.05. The highest BCUT2D eigenvalue weighted by atomic mass is 16.3. The first-order chi connectivity index (χ1) is 15.6. The molecule has 2 aromatic carbocycles. The molecule has 2 aromatic rings. The molecule has 1 unspecified atom stereocenters. The molecule has 5 heteroatoms. The third kappa shape index (κ3) is 4.34. The molecule has 0 radical (unpaired) electrons. The van der Waals surface area contributed by atoms with Crippen molar-refractivity contribution < 1.29 is 14.7 Å². The summed E-state index contributed by atoms with van der Waals surface area (Å²) in [5.74, 6) is -0.460. The number of imide groups is 1. The number of benzene rings is 2. The summed E-state index contributed by atoms with van der Waals surface area (Å²) in [4.78, 5) is 30.9. The van der Waals surface area contributed by atoms with Gasteiger partial charge in [0.15, 0.2) is 0 Å². The molecule has 0 aromatic heterocycles. The van der Waals surface area contributed by atoms with Crippen LogP contribution in [0.5, 0.6) is 0 Å². The Morgan fingerprint density at radius 2 is 1.67 bits per heavy atom. The van der Waals surface area contributed by atoms with Crippen LogP contribution in [0.1, 0.15) is 55.9 Å². The van der Waals surface area contributed by atoms with Gasteiger partial charge in [0.2, 0.25) is 0 Å². The lowest BCUT2D eigenvalue weighted by Crippen LogP contribution is -2.40. The number of piperidine rings is 1. The van der Waals surface area contributed by atoms with Gasteiger partial charge >= 0.3 is 0 Å². The maximum atomic E-state index is 13.8. The number of carbonyl (C=O) groups is 2. The van der Waals surface area contributed by atoms with Gasteiger partial charge in [-0.15, -0.1) is 0 Å². The summed E-state index contributed by atoms with van der Waals surface area (Å²) in [6, 6.07) is 13.6. The second-order valence-electron chi connectivity index (χ2n) is 10.4. The maximum absolute atomic E-state index is 13.8. The molecular weight excluding hydrogens is 412 g/mol. The highest BCUT2D eigenvalue weighted by Gasteiger charge is 2.43. The van der Waals surface area contributed by atoms with Gasteiger partial charge in [0.25, 0.3) is 11.8 Å². The zero-order valence-corrected chi connectivity index (χ0v) is 20.3. The van der Waals surface area contributed by atoms with E-state index in [-0.39, 0.29) is 29.8 Å². The van der Waals surface area contributed by atoms with Gasteiger partial charge in [-0.3, -0.25) is 9.59 Å². The first-order valence-electron chi connectivity index (χ1n) is 11.8. The van der Waals surface area contributed by atoms with E-state index in [1.165, 1.54) is 4.90 Å². The number of rotatable bonds is 4. The highest BCUT2D eigenvalue weighted by Crippen LogP contribution is 2.37. The summed E-state index contributed by atoms with van der Waals surface area (Å²) >= 11 is 0.